The summed E-state index contributed by atoms with van der Waals surface area (Å²) in [5.41, 5.74) is 7.09. The van der Waals surface area contributed by atoms with Crippen LogP contribution in [0.2, 0.25) is 0 Å². The highest BCUT2D eigenvalue weighted by atomic mass is 79.9. The first kappa shape index (κ1) is 13.7. The van der Waals surface area contributed by atoms with Crippen molar-refractivity contribution >= 4 is 39.3 Å². The molecule has 98 valence electrons. The second-order valence-corrected chi connectivity index (χ2v) is 7.44. The predicted octanol–water partition coefficient (Wildman–Crippen LogP) is 3.00. The lowest BCUT2D eigenvalue weighted by Gasteiger charge is -2.34. The summed E-state index contributed by atoms with van der Waals surface area (Å²) in [6, 6.07) is 5.36. The van der Waals surface area contributed by atoms with Gasteiger partial charge in [-0.1, -0.05) is 13.8 Å². The van der Waals surface area contributed by atoms with Gasteiger partial charge in [0.2, 0.25) is 0 Å². The standard InChI is InChI=1S/C13H17BrN2OS/c1-8-6-16(7-9(2)18-8)13(17)10-3-4-12(15)11(14)5-10/h3-5,8-9H,6-7,15H2,1-2H3. The molecule has 1 saturated heterocycles. The number of amides is 1. The molecule has 1 aliphatic heterocycles. The third-order valence-electron chi connectivity index (χ3n) is 2.95. The molecule has 2 atom stereocenters. The summed E-state index contributed by atoms with van der Waals surface area (Å²) in [5.74, 6) is 0.0923. The number of thioether (sulfide) groups is 1. The van der Waals surface area contributed by atoms with Gasteiger partial charge in [-0.3, -0.25) is 4.79 Å². The Balaban J connectivity index is 2.17. The zero-order valence-electron chi connectivity index (χ0n) is 10.5. The maximum atomic E-state index is 12.4. The summed E-state index contributed by atoms with van der Waals surface area (Å²) in [4.78, 5) is 14.3. The summed E-state index contributed by atoms with van der Waals surface area (Å²) >= 11 is 5.30. The molecular formula is C13H17BrN2OS. The van der Waals surface area contributed by atoms with Gasteiger partial charge in [0, 0.05) is 39.3 Å². The number of carbonyl (C=O) groups is 1. The number of rotatable bonds is 1. The smallest absolute Gasteiger partial charge is 0.253 e. The first-order chi connectivity index (χ1) is 8.47. The van der Waals surface area contributed by atoms with Gasteiger partial charge in [0.25, 0.3) is 5.91 Å². The van der Waals surface area contributed by atoms with Crippen LogP contribution in [-0.4, -0.2) is 34.4 Å². The molecule has 1 aromatic rings. The van der Waals surface area contributed by atoms with Crippen molar-refractivity contribution in [3.05, 3.63) is 28.2 Å². The fourth-order valence-electron chi connectivity index (χ4n) is 2.19. The molecule has 18 heavy (non-hydrogen) atoms. The van der Waals surface area contributed by atoms with Crippen molar-refractivity contribution in [2.75, 3.05) is 18.8 Å². The molecule has 1 heterocycles. The van der Waals surface area contributed by atoms with E-state index in [1.54, 1.807) is 18.2 Å². The molecule has 1 aliphatic rings. The topological polar surface area (TPSA) is 46.3 Å². The quantitative estimate of drug-likeness (QED) is 0.806. The van der Waals surface area contributed by atoms with E-state index in [4.69, 9.17) is 5.73 Å². The largest absolute Gasteiger partial charge is 0.398 e. The Bertz CT molecular complexity index is 456. The van der Waals surface area contributed by atoms with Gasteiger partial charge in [0.1, 0.15) is 0 Å². The highest BCUT2D eigenvalue weighted by molar-refractivity contribution is 9.10. The van der Waals surface area contributed by atoms with Gasteiger partial charge >= 0.3 is 0 Å². The number of halogens is 1. The van der Waals surface area contributed by atoms with Crippen LogP contribution < -0.4 is 5.73 Å². The van der Waals surface area contributed by atoms with Gasteiger partial charge < -0.3 is 10.6 Å². The SMILES string of the molecule is CC1CN(C(=O)c2ccc(N)c(Br)c2)CC(C)S1. The van der Waals surface area contributed by atoms with Crippen LogP contribution in [0.5, 0.6) is 0 Å². The Hall–Kier alpha value is -0.680. The van der Waals surface area contributed by atoms with Crippen molar-refractivity contribution in [2.24, 2.45) is 0 Å². The molecule has 2 rings (SSSR count). The van der Waals surface area contributed by atoms with Crippen LogP contribution in [0.25, 0.3) is 0 Å². The minimum atomic E-state index is 0.0923. The van der Waals surface area contributed by atoms with Gasteiger partial charge in [0.15, 0.2) is 0 Å². The summed E-state index contributed by atoms with van der Waals surface area (Å²) in [6.45, 7) is 5.96. The molecule has 1 amide bonds. The number of nitrogen functional groups attached to an aromatic ring is 1. The Morgan fingerprint density at radius 2 is 2.00 bits per heavy atom. The monoisotopic (exact) mass is 328 g/mol. The second-order valence-electron chi connectivity index (χ2n) is 4.70. The normalized spacial score (nSPS) is 24.1. The number of carbonyl (C=O) groups excluding carboxylic acids is 1. The van der Waals surface area contributed by atoms with Crippen molar-refractivity contribution in [1.82, 2.24) is 4.90 Å². The fourth-order valence-corrected chi connectivity index (χ4v) is 3.89. The van der Waals surface area contributed by atoms with Crippen molar-refractivity contribution in [1.29, 1.82) is 0 Å². The van der Waals surface area contributed by atoms with Crippen LogP contribution in [0, 0.1) is 0 Å². The number of anilines is 1. The Morgan fingerprint density at radius 3 is 2.56 bits per heavy atom. The lowest BCUT2D eigenvalue weighted by Crippen LogP contribution is -2.44. The van der Waals surface area contributed by atoms with Crippen LogP contribution in [0.15, 0.2) is 22.7 Å². The lowest BCUT2D eigenvalue weighted by molar-refractivity contribution is 0.0753. The molecule has 0 aromatic heterocycles. The zero-order chi connectivity index (χ0) is 13.3. The molecule has 3 nitrogen and oxygen atoms in total. The molecule has 0 radical (unpaired) electrons. The van der Waals surface area contributed by atoms with Crippen molar-refractivity contribution in [2.45, 2.75) is 24.3 Å². The predicted molar refractivity (Wildman–Crippen MR) is 81.0 cm³/mol. The number of nitrogens with zero attached hydrogens (tertiary/aromatic N) is 1. The Labute approximate surface area is 120 Å². The van der Waals surface area contributed by atoms with Crippen LogP contribution in [0.1, 0.15) is 24.2 Å². The highest BCUT2D eigenvalue weighted by Crippen LogP contribution is 2.27. The van der Waals surface area contributed by atoms with Crippen molar-refractivity contribution in [3.63, 3.8) is 0 Å². The van der Waals surface area contributed by atoms with Crippen molar-refractivity contribution in [3.8, 4) is 0 Å². The van der Waals surface area contributed by atoms with E-state index in [9.17, 15) is 4.79 Å². The molecule has 5 heteroatoms. The summed E-state index contributed by atoms with van der Waals surface area (Å²) < 4.78 is 0.779. The van der Waals surface area contributed by atoms with Gasteiger partial charge in [-0.25, -0.2) is 0 Å². The van der Waals surface area contributed by atoms with Gasteiger partial charge in [0.05, 0.1) is 0 Å². The van der Waals surface area contributed by atoms with E-state index in [1.807, 2.05) is 16.7 Å². The summed E-state index contributed by atoms with van der Waals surface area (Å²) in [7, 11) is 0. The van der Waals surface area contributed by atoms with Crippen molar-refractivity contribution < 1.29 is 4.79 Å². The van der Waals surface area contributed by atoms with Gasteiger partial charge in [-0.05, 0) is 34.1 Å². The Morgan fingerprint density at radius 1 is 1.39 bits per heavy atom. The maximum Gasteiger partial charge on any atom is 0.253 e. The van der Waals surface area contributed by atoms with Crippen LogP contribution >= 0.6 is 27.7 Å². The third-order valence-corrected chi connectivity index (χ3v) is 4.87. The first-order valence-electron chi connectivity index (χ1n) is 5.97. The number of hydrogen-bond donors (Lipinski definition) is 1. The molecule has 1 aromatic carbocycles. The molecule has 0 spiro atoms. The van der Waals surface area contributed by atoms with E-state index < -0.39 is 0 Å². The molecule has 0 bridgehead atoms. The minimum absolute atomic E-state index is 0.0923. The summed E-state index contributed by atoms with van der Waals surface area (Å²) in [6.07, 6.45) is 0. The average Bonchev–Trinajstić information content (AvgIpc) is 2.30. The number of nitrogens with two attached hydrogens (primary N) is 1. The highest BCUT2D eigenvalue weighted by Gasteiger charge is 2.26. The maximum absolute atomic E-state index is 12.4. The number of benzene rings is 1. The Kier molecular flexibility index (Phi) is 4.22. The van der Waals surface area contributed by atoms with E-state index in [-0.39, 0.29) is 5.91 Å². The van der Waals surface area contributed by atoms with Crippen LogP contribution in [0.3, 0.4) is 0 Å². The lowest BCUT2D eigenvalue weighted by atomic mass is 10.1. The second kappa shape index (κ2) is 5.53. The van der Waals surface area contributed by atoms with Crippen LogP contribution in [0.4, 0.5) is 5.69 Å². The number of hydrogen-bond acceptors (Lipinski definition) is 3. The average molecular weight is 329 g/mol. The fraction of sp³-hybridized carbons (Fsp3) is 0.462. The van der Waals surface area contributed by atoms with E-state index in [0.29, 0.717) is 21.8 Å². The van der Waals surface area contributed by atoms with E-state index >= 15 is 0 Å². The zero-order valence-corrected chi connectivity index (χ0v) is 12.9. The van der Waals surface area contributed by atoms with E-state index in [1.165, 1.54) is 0 Å². The molecule has 1 fully saturated rings. The molecule has 2 unspecified atom stereocenters. The van der Waals surface area contributed by atoms with Gasteiger partial charge in [-0.2, -0.15) is 11.8 Å². The van der Waals surface area contributed by atoms with E-state index in [2.05, 4.69) is 29.8 Å². The van der Waals surface area contributed by atoms with Crippen LogP contribution in [-0.2, 0) is 0 Å². The minimum Gasteiger partial charge on any atom is -0.398 e. The third kappa shape index (κ3) is 3.01. The molecular weight excluding hydrogens is 312 g/mol. The summed E-state index contributed by atoms with van der Waals surface area (Å²) in [5, 5.41) is 0.991. The van der Waals surface area contributed by atoms with Gasteiger partial charge in [-0.15, -0.1) is 0 Å². The molecule has 0 saturated carbocycles. The first-order valence-corrected chi connectivity index (χ1v) is 7.70. The molecule has 0 aliphatic carbocycles. The molecule has 2 N–H and O–H groups in total. The van der Waals surface area contributed by atoms with E-state index in [0.717, 1.165) is 17.6 Å².